The number of fused-ring (bicyclic) bond motifs is 1. The summed E-state index contributed by atoms with van der Waals surface area (Å²) in [6.07, 6.45) is 1.51. The molecule has 0 fully saturated rings. The summed E-state index contributed by atoms with van der Waals surface area (Å²) >= 11 is 2.09. The van der Waals surface area contributed by atoms with Crippen molar-refractivity contribution in [3.63, 3.8) is 0 Å². The van der Waals surface area contributed by atoms with Crippen LogP contribution in [0.5, 0.6) is 17.2 Å². The Bertz CT molecular complexity index is 1210. The van der Waals surface area contributed by atoms with Gasteiger partial charge in [-0.15, -0.1) is 0 Å². The summed E-state index contributed by atoms with van der Waals surface area (Å²) in [6.45, 7) is 4.05. The Morgan fingerprint density at radius 1 is 1.00 bits per heavy atom. The van der Waals surface area contributed by atoms with Crippen molar-refractivity contribution in [1.82, 2.24) is 5.43 Å². The molecule has 0 aliphatic rings. The molecular formula is C25H25IN2O6. The minimum absolute atomic E-state index is 0.221. The Morgan fingerprint density at radius 2 is 1.74 bits per heavy atom. The lowest BCUT2D eigenvalue weighted by molar-refractivity contribution is -0.145. The molecule has 0 saturated heterocycles. The first kappa shape index (κ1) is 25.3. The molecule has 1 amide bonds. The Hall–Kier alpha value is -3.34. The van der Waals surface area contributed by atoms with Gasteiger partial charge >= 0.3 is 5.97 Å². The number of halogens is 1. The number of methoxy groups -OCH3 is 1. The van der Waals surface area contributed by atoms with Gasteiger partial charge in [-0.1, -0.05) is 24.3 Å². The first-order chi connectivity index (χ1) is 16.5. The van der Waals surface area contributed by atoms with Crippen LogP contribution in [-0.2, 0) is 9.53 Å². The molecule has 0 atom stereocenters. The minimum atomic E-state index is -0.460. The molecule has 9 heteroatoms. The summed E-state index contributed by atoms with van der Waals surface area (Å²) in [7, 11) is 1.52. The van der Waals surface area contributed by atoms with Gasteiger partial charge in [0.15, 0.2) is 18.1 Å². The summed E-state index contributed by atoms with van der Waals surface area (Å²) in [4.78, 5) is 24.4. The quantitative estimate of drug-likeness (QED) is 0.165. The zero-order chi connectivity index (χ0) is 24.5. The molecule has 3 aromatic rings. The topological polar surface area (TPSA) is 95.5 Å². The predicted molar refractivity (Wildman–Crippen MR) is 138 cm³/mol. The Labute approximate surface area is 211 Å². The van der Waals surface area contributed by atoms with Gasteiger partial charge < -0.3 is 18.9 Å². The van der Waals surface area contributed by atoms with E-state index in [9.17, 15) is 9.59 Å². The van der Waals surface area contributed by atoms with Crippen molar-refractivity contribution in [2.45, 2.75) is 13.8 Å². The van der Waals surface area contributed by atoms with Gasteiger partial charge in [-0.2, -0.15) is 5.10 Å². The second kappa shape index (κ2) is 12.2. The number of ether oxygens (including phenoxy) is 4. The molecule has 0 bridgehead atoms. The fourth-order valence-corrected chi connectivity index (χ4v) is 3.97. The lowest BCUT2D eigenvalue weighted by Crippen LogP contribution is -2.18. The van der Waals surface area contributed by atoms with E-state index in [1.165, 1.54) is 13.3 Å². The van der Waals surface area contributed by atoms with Crippen molar-refractivity contribution in [2.75, 3.05) is 26.9 Å². The number of nitrogens with one attached hydrogen (secondary N) is 1. The van der Waals surface area contributed by atoms with Gasteiger partial charge in [0.25, 0.3) is 5.91 Å². The van der Waals surface area contributed by atoms with Crippen molar-refractivity contribution >= 4 is 51.5 Å². The summed E-state index contributed by atoms with van der Waals surface area (Å²) < 4.78 is 22.3. The molecule has 0 saturated carbocycles. The zero-order valence-corrected chi connectivity index (χ0v) is 21.2. The van der Waals surface area contributed by atoms with E-state index in [2.05, 4.69) is 33.1 Å². The first-order valence-corrected chi connectivity index (χ1v) is 11.7. The maximum Gasteiger partial charge on any atom is 0.344 e. The molecule has 0 heterocycles. The van der Waals surface area contributed by atoms with Crippen LogP contribution < -0.4 is 19.6 Å². The second-order valence-electron chi connectivity index (χ2n) is 6.96. The highest BCUT2D eigenvalue weighted by atomic mass is 127. The van der Waals surface area contributed by atoms with Crippen molar-refractivity contribution < 1.29 is 28.5 Å². The fraction of sp³-hybridized carbons (Fsp3) is 0.240. The SMILES string of the molecule is CCOC(=O)COc1c(I)cc(/C=N\NC(=O)c2cc3ccccc3cc2OC)cc1OCC. The van der Waals surface area contributed by atoms with E-state index in [4.69, 9.17) is 18.9 Å². The molecule has 3 aromatic carbocycles. The lowest BCUT2D eigenvalue weighted by atomic mass is 10.1. The van der Waals surface area contributed by atoms with E-state index in [1.54, 1.807) is 25.1 Å². The van der Waals surface area contributed by atoms with E-state index in [0.717, 1.165) is 14.3 Å². The number of hydrogen-bond donors (Lipinski definition) is 1. The highest BCUT2D eigenvalue weighted by Gasteiger charge is 2.15. The molecule has 0 unspecified atom stereocenters. The molecule has 178 valence electrons. The van der Waals surface area contributed by atoms with Crippen LogP contribution in [0.1, 0.15) is 29.8 Å². The van der Waals surface area contributed by atoms with Gasteiger partial charge in [0.2, 0.25) is 0 Å². The van der Waals surface area contributed by atoms with Crippen LogP contribution in [-0.4, -0.2) is 45.0 Å². The zero-order valence-electron chi connectivity index (χ0n) is 19.1. The number of hydrazone groups is 1. The van der Waals surface area contributed by atoms with Gasteiger partial charge in [-0.25, -0.2) is 10.2 Å². The Kier molecular flexibility index (Phi) is 9.08. The highest BCUT2D eigenvalue weighted by molar-refractivity contribution is 14.1. The van der Waals surface area contributed by atoms with Crippen LogP contribution >= 0.6 is 22.6 Å². The number of carbonyl (C=O) groups excluding carboxylic acids is 2. The molecule has 0 aromatic heterocycles. The van der Waals surface area contributed by atoms with Crippen LogP contribution in [0, 0.1) is 3.57 Å². The van der Waals surface area contributed by atoms with E-state index >= 15 is 0 Å². The summed E-state index contributed by atoms with van der Waals surface area (Å²) in [5, 5.41) is 5.99. The number of benzene rings is 3. The molecule has 1 N–H and O–H groups in total. The molecule has 34 heavy (non-hydrogen) atoms. The number of esters is 1. The normalized spacial score (nSPS) is 10.8. The third kappa shape index (κ3) is 6.37. The van der Waals surface area contributed by atoms with E-state index in [0.29, 0.717) is 35.0 Å². The van der Waals surface area contributed by atoms with Crippen LogP contribution in [0.3, 0.4) is 0 Å². The van der Waals surface area contributed by atoms with Crippen molar-refractivity contribution in [1.29, 1.82) is 0 Å². The number of carbonyl (C=O) groups is 2. The standard InChI is InChI=1S/C25H25IN2O6/c1-4-32-22-11-16(10-20(26)24(22)34-15-23(29)33-5-2)14-27-28-25(30)19-12-17-8-6-7-9-18(17)13-21(19)31-3/h6-14H,4-5,15H2,1-3H3,(H,28,30)/b27-14-. The number of rotatable bonds is 10. The van der Waals surface area contributed by atoms with Crippen molar-refractivity contribution in [2.24, 2.45) is 5.10 Å². The summed E-state index contributed by atoms with van der Waals surface area (Å²) in [6, 6.07) is 14.8. The maximum absolute atomic E-state index is 12.8. The summed E-state index contributed by atoms with van der Waals surface area (Å²) in [5.74, 6) is 0.508. The number of hydrogen-bond acceptors (Lipinski definition) is 7. The van der Waals surface area contributed by atoms with E-state index < -0.39 is 11.9 Å². The molecule has 0 aliphatic carbocycles. The third-order valence-electron chi connectivity index (χ3n) is 4.66. The van der Waals surface area contributed by atoms with Crippen molar-refractivity contribution in [3.05, 3.63) is 63.2 Å². The van der Waals surface area contributed by atoms with Gasteiger partial charge in [0.05, 0.1) is 35.7 Å². The molecule has 0 aliphatic heterocycles. The number of nitrogens with zero attached hydrogens (tertiary/aromatic N) is 1. The van der Waals surface area contributed by atoms with E-state index in [-0.39, 0.29) is 13.2 Å². The maximum atomic E-state index is 12.8. The average Bonchev–Trinajstić information content (AvgIpc) is 2.83. The number of amides is 1. The fourth-order valence-electron chi connectivity index (χ4n) is 3.19. The molecule has 0 radical (unpaired) electrons. The van der Waals surface area contributed by atoms with Gasteiger partial charge in [-0.05, 0) is 77.0 Å². The smallest absolute Gasteiger partial charge is 0.344 e. The highest BCUT2D eigenvalue weighted by Crippen LogP contribution is 2.34. The largest absolute Gasteiger partial charge is 0.496 e. The van der Waals surface area contributed by atoms with Gasteiger partial charge in [0.1, 0.15) is 5.75 Å². The van der Waals surface area contributed by atoms with Crippen molar-refractivity contribution in [3.8, 4) is 17.2 Å². The Morgan fingerprint density at radius 3 is 2.41 bits per heavy atom. The predicted octanol–water partition coefficient (Wildman–Crippen LogP) is 4.56. The third-order valence-corrected chi connectivity index (χ3v) is 5.46. The minimum Gasteiger partial charge on any atom is -0.496 e. The first-order valence-electron chi connectivity index (χ1n) is 10.6. The van der Waals surface area contributed by atoms with Gasteiger partial charge in [0, 0.05) is 0 Å². The lowest BCUT2D eigenvalue weighted by Gasteiger charge is -2.14. The molecule has 0 spiro atoms. The molecule has 8 nitrogen and oxygen atoms in total. The Balaban J connectivity index is 1.76. The van der Waals surface area contributed by atoms with Crippen LogP contribution in [0.2, 0.25) is 0 Å². The monoisotopic (exact) mass is 576 g/mol. The van der Waals surface area contributed by atoms with E-state index in [1.807, 2.05) is 37.3 Å². The van der Waals surface area contributed by atoms with Crippen LogP contribution in [0.4, 0.5) is 0 Å². The van der Waals surface area contributed by atoms with Gasteiger partial charge in [-0.3, -0.25) is 4.79 Å². The van der Waals surface area contributed by atoms with Crippen LogP contribution in [0.15, 0.2) is 53.6 Å². The van der Waals surface area contributed by atoms with Crippen LogP contribution in [0.25, 0.3) is 10.8 Å². The average molecular weight is 576 g/mol. The molecular weight excluding hydrogens is 551 g/mol. The summed E-state index contributed by atoms with van der Waals surface area (Å²) in [5.41, 5.74) is 3.60. The molecule has 3 rings (SSSR count). The second-order valence-corrected chi connectivity index (χ2v) is 8.12.